The van der Waals surface area contributed by atoms with Crippen LogP contribution in [0.25, 0.3) is 0 Å². The molecule has 0 aliphatic heterocycles. The summed E-state index contributed by atoms with van der Waals surface area (Å²) in [5, 5.41) is 12.6. The van der Waals surface area contributed by atoms with Crippen LogP contribution in [0.4, 0.5) is 4.79 Å². The highest BCUT2D eigenvalue weighted by Crippen LogP contribution is 1.83. The maximum atomic E-state index is 9.64. The normalized spacial score (nSPS) is 8.62. The van der Waals surface area contributed by atoms with E-state index in [1.165, 1.54) is 0 Å². The van der Waals surface area contributed by atoms with Crippen molar-refractivity contribution >= 4 is 22.0 Å². The lowest BCUT2D eigenvalue weighted by molar-refractivity contribution is 0.169. The Morgan fingerprint density at radius 1 is 1.62 bits per heavy atom. The van der Waals surface area contributed by atoms with Gasteiger partial charge in [0.2, 0.25) is 0 Å². The fourth-order valence-electron chi connectivity index (χ4n) is 0.257. The second-order valence-electron chi connectivity index (χ2n) is 1.26. The molecule has 1 radical (unpaired) electrons. The van der Waals surface area contributed by atoms with E-state index in [0.29, 0.717) is 6.54 Å². The van der Waals surface area contributed by atoms with E-state index in [4.69, 9.17) is 0 Å². The molecule has 0 atom stereocenters. The zero-order valence-electron chi connectivity index (χ0n) is 4.32. The molecule has 1 amide bonds. The molecule has 0 heterocycles. The summed E-state index contributed by atoms with van der Waals surface area (Å²) in [5.74, 6) is 0. The van der Waals surface area contributed by atoms with Crippen molar-refractivity contribution in [2.75, 3.05) is 11.9 Å². The molecule has 4 heteroatoms. The first-order chi connectivity index (χ1) is 3.77. The third-order valence-electron chi connectivity index (χ3n) is 0.580. The quantitative estimate of drug-likeness (QED) is 0.510. The van der Waals surface area contributed by atoms with Crippen LogP contribution in [0.5, 0.6) is 0 Å². The highest BCUT2D eigenvalue weighted by molar-refractivity contribution is 9.09. The van der Waals surface area contributed by atoms with Gasteiger partial charge in [-0.05, 0) is 6.42 Å². The van der Waals surface area contributed by atoms with Crippen molar-refractivity contribution in [1.82, 2.24) is 5.32 Å². The summed E-state index contributed by atoms with van der Waals surface area (Å²) in [7, 11) is 0. The minimum atomic E-state index is -1.20. The molecule has 0 aliphatic rings. The highest BCUT2D eigenvalue weighted by atomic mass is 79.9. The van der Waals surface area contributed by atoms with E-state index >= 15 is 0 Å². The molecular weight excluding hydrogens is 174 g/mol. The van der Waals surface area contributed by atoms with Gasteiger partial charge in [0.25, 0.3) is 0 Å². The van der Waals surface area contributed by atoms with Crippen LogP contribution in [0.2, 0.25) is 0 Å². The molecule has 0 aliphatic carbocycles. The molecular formula is C4H7BrNO2. The van der Waals surface area contributed by atoms with Gasteiger partial charge in [0, 0.05) is 11.9 Å². The van der Waals surface area contributed by atoms with Crippen molar-refractivity contribution in [3.63, 3.8) is 0 Å². The van der Waals surface area contributed by atoms with Gasteiger partial charge in [-0.15, -0.1) is 0 Å². The molecule has 0 aromatic carbocycles. The SMILES string of the molecule is [O]C(=O)NCCCBr. The number of hydrogen-bond acceptors (Lipinski definition) is 1. The third kappa shape index (κ3) is 5.75. The molecule has 0 aromatic rings. The van der Waals surface area contributed by atoms with E-state index in [1.807, 2.05) is 0 Å². The van der Waals surface area contributed by atoms with Crippen LogP contribution in [0.15, 0.2) is 0 Å². The average molecular weight is 181 g/mol. The minimum absolute atomic E-state index is 0.466. The number of halogens is 1. The molecule has 0 unspecified atom stereocenters. The van der Waals surface area contributed by atoms with Gasteiger partial charge in [0.1, 0.15) is 0 Å². The molecule has 0 rings (SSSR count). The summed E-state index contributed by atoms with van der Waals surface area (Å²) in [6.45, 7) is 0.466. The maximum Gasteiger partial charge on any atom is 0.450 e. The molecule has 47 valence electrons. The predicted molar refractivity (Wildman–Crippen MR) is 32.5 cm³/mol. The van der Waals surface area contributed by atoms with Crippen molar-refractivity contribution in [3.05, 3.63) is 0 Å². The summed E-state index contributed by atoms with van der Waals surface area (Å²) in [6.07, 6.45) is -0.403. The average Bonchev–Trinajstić information content (AvgIpc) is 1.66. The molecule has 1 N–H and O–H groups in total. The molecule has 0 fully saturated rings. The lowest BCUT2D eigenvalue weighted by Crippen LogP contribution is -2.20. The Labute approximate surface area is 56.2 Å². The number of rotatable bonds is 3. The van der Waals surface area contributed by atoms with Crippen LogP contribution >= 0.6 is 15.9 Å². The zero-order valence-corrected chi connectivity index (χ0v) is 5.90. The van der Waals surface area contributed by atoms with Crippen molar-refractivity contribution in [3.8, 4) is 0 Å². The van der Waals surface area contributed by atoms with Crippen LogP contribution in [0.1, 0.15) is 6.42 Å². The first-order valence-corrected chi connectivity index (χ1v) is 3.40. The Morgan fingerprint density at radius 3 is 2.62 bits per heavy atom. The maximum absolute atomic E-state index is 9.64. The predicted octanol–water partition coefficient (Wildman–Crippen LogP) is 0.911. The van der Waals surface area contributed by atoms with Gasteiger partial charge in [-0.1, -0.05) is 15.9 Å². The van der Waals surface area contributed by atoms with E-state index < -0.39 is 6.09 Å². The van der Waals surface area contributed by atoms with Crippen LogP contribution in [-0.4, -0.2) is 18.0 Å². The Hall–Kier alpha value is -0.250. The molecule has 0 spiro atoms. The molecule has 0 bridgehead atoms. The minimum Gasteiger partial charge on any atom is -0.318 e. The second kappa shape index (κ2) is 4.90. The Kier molecular flexibility index (Phi) is 4.75. The van der Waals surface area contributed by atoms with Crippen LogP contribution in [-0.2, 0) is 5.11 Å². The molecule has 3 nitrogen and oxygen atoms in total. The van der Waals surface area contributed by atoms with Crippen LogP contribution in [0.3, 0.4) is 0 Å². The van der Waals surface area contributed by atoms with Crippen LogP contribution < -0.4 is 5.32 Å². The van der Waals surface area contributed by atoms with Gasteiger partial charge in [0.05, 0.1) is 0 Å². The highest BCUT2D eigenvalue weighted by Gasteiger charge is 1.92. The van der Waals surface area contributed by atoms with E-state index in [0.717, 1.165) is 11.8 Å². The molecule has 8 heavy (non-hydrogen) atoms. The summed E-state index contributed by atoms with van der Waals surface area (Å²) in [6, 6.07) is 0. The third-order valence-corrected chi connectivity index (χ3v) is 1.14. The number of carbonyl (C=O) groups is 1. The molecule has 0 saturated carbocycles. The Bertz CT molecular complexity index is 76.4. The zero-order chi connectivity index (χ0) is 6.41. The van der Waals surface area contributed by atoms with Gasteiger partial charge in [0.15, 0.2) is 0 Å². The largest absolute Gasteiger partial charge is 0.450 e. The fraction of sp³-hybridized carbons (Fsp3) is 0.750. The molecule has 0 aromatic heterocycles. The number of nitrogens with one attached hydrogen (secondary N) is 1. The van der Waals surface area contributed by atoms with E-state index in [-0.39, 0.29) is 0 Å². The van der Waals surface area contributed by atoms with Gasteiger partial charge in [-0.25, -0.2) is 9.90 Å². The van der Waals surface area contributed by atoms with Gasteiger partial charge >= 0.3 is 6.09 Å². The smallest absolute Gasteiger partial charge is 0.318 e. The number of amides is 1. The topological polar surface area (TPSA) is 49.0 Å². The lowest BCUT2D eigenvalue weighted by Gasteiger charge is -1.92. The van der Waals surface area contributed by atoms with Crippen molar-refractivity contribution in [2.45, 2.75) is 6.42 Å². The summed E-state index contributed by atoms with van der Waals surface area (Å²) >= 11 is 3.15. The summed E-state index contributed by atoms with van der Waals surface area (Å²) in [5.41, 5.74) is 0. The van der Waals surface area contributed by atoms with E-state index in [2.05, 4.69) is 21.2 Å². The monoisotopic (exact) mass is 180 g/mol. The Balaban J connectivity index is 2.82. The Morgan fingerprint density at radius 2 is 2.25 bits per heavy atom. The first-order valence-electron chi connectivity index (χ1n) is 2.28. The van der Waals surface area contributed by atoms with Crippen molar-refractivity contribution < 1.29 is 9.90 Å². The lowest BCUT2D eigenvalue weighted by atomic mass is 10.5. The van der Waals surface area contributed by atoms with E-state index in [9.17, 15) is 9.90 Å². The van der Waals surface area contributed by atoms with Crippen molar-refractivity contribution in [1.29, 1.82) is 0 Å². The molecule has 0 saturated heterocycles. The summed E-state index contributed by atoms with van der Waals surface area (Å²) in [4.78, 5) is 9.64. The van der Waals surface area contributed by atoms with Gasteiger partial charge in [-0.3, -0.25) is 0 Å². The standard InChI is InChI=1S/C4H7BrNO2/c5-2-1-3-6-4(7)8/h6H,1-3H2. The number of alkyl halides is 1. The fourth-order valence-corrected chi connectivity index (χ4v) is 0.538. The van der Waals surface area contributed by atoms with Gasteiger partial charge < -0.3 is 5.32 Å². The first kappa shape index (κ1) is 7.75. The van der Waals surface area contributed by atoms with E-state index in [1.54, 1.807) is 0 Å². The summed E-state index contributed by atoms with van der Waals surface area (Å²) < 4.78 is 0. The van der Waals surface area contributed by atoms with Gasteiger partial charge in [-0.2, -0.15) is 0 Å². The van der Waals surface area contributed by atoms with Crippen LogP contribution in [0, 0.1) is 0 Å². The number of carbonyl (C=O) groups excluding carboxylic acids is 1. The number of hydrogen-bond donors (Lipinski definition) is 1. The van der Waals surface area contributed by atoms with Crippen molar-refractivity contribution in [2.24, 2.45) is 0 Å². The second-order valence-corrected chi connectivity index (χ2v) is 2.05.